The first-order chi connectivity index (χ1) is 11.0. The van der Waals surface area contributed by atoms with E-state index in [2.05, 4.69) is 10.3 Å². The number of amides is 3. The summed E-state index contributed by atoms with van der Waals surface area (Å²) >= 11 is 0. The highest BCUT2D eigenvalue weighted by Crippen LogP contribution is 2.26. The van der Waals surface area contributed by atoms with Crippen molar-refractivity contribution in [2.75, 3.05) is 5.32 Å². The molecule has 1 unspecified atom stereocenters. The molecular formula is C17H15N3O3. The molecular weight excluding hydrogens is 294 g/mol. The number of carbonyl (C=O) groups is 3. The molecule has 6 heteroatoms. The molecule has 1 aliphatic heterocycles. The molecule has 2 heterocycles. The monoisotopic (exact) mass is 309 g/mol. The third-order valence-corrected chi connectivity index (χ3v) is 3.77. The minimum absolute atomic E-state index is 0.335. The van der Waals surface area contributed by atoms with E-state index in [4.69, 9.17) is 0 Å². The number of benzene rings is 1. The maximum Gasteiger partial charge on any atom is 0.262 e. The summed E-state index contributed by atoms with van der Waals surface area (Å²) in [6.45, 7) is 3.37. The number of hydrogen-bond acceptors (Lipinski definition) is 4. The van der Waals surface area contributed by atoms with Gasteiger partial charge in [0.15, 0.2) is 0 Å². The van der Waals surface area contributed by atoms with E-state index in [0.29, 0.717) is 16.8 Å². The highest BCUT2D eigenvalue weighted by molar-refractivity contribution is 6.23. The van der Waals surface area contributed by atoms with E-state index in [0.717, 1.165) is 10.5 Å². The van der Waals surface area contributed by atoms with Crippen LogP contribution in [0.1, 0.15) is 33.2 Å². The molecule has 23 heavy (non-hydrogen) atoms. The standard InChI is InChI=1S/C17H15N3O3/c1-10-5-6-13-14(8-10)17(23)20(16(13)22)11(2)15(21)19-12-4-3-7-18-9-12/h3-9,11H,1-2H3,(H,19,21). The molecule has 1 aromatic carbocycles. The van der Waals surface area contributed by atoms with E-state index in [1.54, 1.807) is 36.5 Å². The van der Waals surface area contributed by atoms with Gasteiger partial charge in [0.25, 0.3) is 11.8 Å². The molecule has 0 saturated heterocycles. The predicted octanol–water partition coefficient (Wildman–Crippen LogP) is 2.01. The summed E-state index contributed by atoms with van der Waals surface area (Å²) in [7, 11) is 0. The van der Waals surface area contributed by atoms with Crippen molar-refractivity contribution in [3.63, 3.8) is 0 Å². The van der Waals surface area contributed by atoms with Crippen LogP contribution in [0, 0.1) is 6.92 Å². The lowest BCUT2D eigenvalue weighted by atomic mass is 10.1. The Bertz CT molecular complexity index is 802. The summed E-state index contributed by atoms with van der Waals surface area (Å²) in [6, 6.07) is 7.52. The fourth-order valence-electron chi connectivity index (χ4n) is 2.53. The molecule has 0 radical (unpaired) electrons. The molecule has 2 aromatic rings. The van der Waals surface area contributed by atoms with Gasteiger partial charge < -0.3 is 5.32 Å². The van der Waals surface area contributed by atoms with Crippen molar-refractivity contribution in [3.8, 4) is 0 Å². The molecule has 1 N–H and O–H groups in total. The lowest BCUT2D eigenvalue weighted by Gasteiger charge is -2.21. The number of nitrogens with one attached hydrogen (secondary N) is 1. The smallest absolute Gasteiger partial charge is 0.262 e. The van der Waals surface area contributed by atoms with E-state index in [1.165, 1.54) is 13.1 Å². The second-order valence-electron chi connectivity index (χ2n) is 5.44. The number of pyridine rings is 1. The Morgan fingerprint density at radius 3 is 2.61 bits per heavy atom. The zero-order valence-corrected chi connectivity index (χ0v) is 12.7. The van der Waals surface area contributed by atoms with Crippen LogP contribution in [0.2, 0.25) is 0 Å². The molecule has 116 valence electrons. The maximum atomic E-state index is 12.5. The third-order valence-electron chi connectivity index (χ3n) is 3.77. The van der Waals surface area contributed by atoms with Gasteiger partial charge in [-0.05, 0) is 38.1 Å². The number of aryl methyl sites for hydroxylation is 1. The quantitative estimate of drug-likeness (QED) is 0.880. The van der Waals surface area contributed by atoms with Gasteiger partial charge in [-0.3, -0.25) is 24.3 Å². The molecule has 1 aliphatic rings. The second kappa shape index (κ2) is 5.64. The van der Waals surface area contributed by atoms with Crippen LogP contribution < -0.4 is 5.32 Å². The van der Waals surface area contributed by atoms with Crippen molar-refractivity contribution in [2.45, 2.75) is 19.9 Å². The van der Waals surface area contributed by atoms with Crippen molar-refractivity contribution in [1.82, 2.24) is 9.88 Å². The van der Waals surface area contributed by atoms with Crippen molar-refractivity contribution in [3.05, 3.63) is 59.4 Å². The number of fused-ring (bicyclic) bond motifs is 1. The number of carbonyl (C=O) groups excluding carboxylic acids is 3. The summed E-state index contributed by atoms with van der Waals surface area (Å²) in [4.78, 5) is 42.1. The first-order valence-corrected chi connectivity index (χ1v) is 7.18. The number of nitrogens with zero attached hydrogens (tertiary/aromatic N) is 2. The van der Waals surface area contributed by atoms with Gasteiger partial charge in [-0.15, -0.1) is 0 Å². The molecule has 0 saturated carbocycles. The zero-order chi connectivity index (χ0) is 16.6. The highest BCUT2D eigenvalue weighted by Gasteiger charge is 2.40. The van der Waals surface area contributed by atoms with Crippen LogP contribution in [0.5, 0.6) is 0 Å². The number of aromatic nitrogens is 1. The number of hydrogen-bond donors (Lipinski definition) is 1. The topological polar surface area (TPSA) is 79.4 Å². The van der Waals surface area contributed by atoms with Gasteiger partial charge in [0.2, 0.25) is 5.91 Å². The fraction of sp³-hybridized carbons (Fsp3) is 0.176. The van der Waals surface area contributed by atoms with Crippen molar-refractivity contribution in [2.24, 2.45) is 0 Å². The summed E-state index contributed by atoms with van der Waals surface area (Å²) < 4.78 is 0. The van der Waals surface area contributed by atoms with E-state index < -0.39 is 23.8 Å². The molecule has 0 aliphatic carbocycles. The molecule has 0 spiro atoms. The first-order valence-electron chi connectivity index (χ1n) is 7.18. The van der Waals surface area contributed by atoms with Crippen molar-refractivity contribution < 1.29 is 14.4 Å². The Labute approximate surface area is 133 Å². The lowest BCUT2D eigenvalue weighted by molar-refractivity contribution is -0.119. The minimum atomic E-state index is -0.914. The van der Waals surface area contributed by atoms with Crippen LogP contribution in [-0.4, -0.2) is 33.6 Å². The Morgan fingerprint density at radius 2 is 1.91 bits per heavy atom. The minimum Gasteiger partial charge on any atom is -0.323 e. The first kappa shape index (κ1) is 14.9. The van der Waals surface area contributed by atoms with Gasteiger partial charge in [-0.2, -0.15) is 0 Å². The van der Waals surface area contributed by atoms with E-state index in [1.807, 2.05) is 6.92 Å². The van der Waals surface area contributed by atoms with Crippen LogP contribution in [-0.2, 0) is 4.79 Å². The molecule has 0 bridgehead atoms. The van der Waals surface area contributed by atoms with Crippen molar-refractivity contribution in [1.29, 1.82) is 0 Å². The summed E-state index contributed by atoms with van der Waals surface area (Å²) in [6.07, 6.45) is 3.09. The van der Waals surface area contributed by atoms with Gasteiger partial charge in [0, 0.05) is 6.20 Å². The van der Waals surface area contributed by atoms with E-state index in [9.17, 15) is 14.4 Å². The van der Waals surface area contributed by atoms with Crippen molar-refractivity contribution >= 4 is 23.4 Å². The Hall–Kier alpha value is -3.02. The van der Waals surface area contributed by atoms with Crippen LogP contribution in [0.3, 0.4) is 0 Å². The Balaban J connectivity index is 1.83. The number of anilines is 1. The molecule has 6 nitrogen and oxygen atoms in total. The average molecular weight is 309 g/mol. The van der Waals surface area contributed by atoms with Gasteiger partial charge in [-0.1, -0.05) is 11.6 Å². The predicted molar refractivity (Wildman–Crippen MR) is 84.0 cm³/mol. The number of imide groups is 1. The normalized spacial score (nSPS) is 14.6. The van der Waals surface area contributed by atoms with E-state index in [-0.39, 0.29) is 0 Å². The summed E-state index contributed by atoms with van der Waals surface area (Å²) in [5.41, 5.74) is 2.08. The largest absolute Gasteiger partial charge is 0.323 e. The molecule has 0 fully saturated rings. The van der Waals surface area contributed by atoms with Gasteiger partial charge in [0.05, 0.1) is 23.0 Å². The van der Waals surface area contributed by atoms with Gasteiger partial charge in [-0.25, -0.2) is 0 Å². The zero-order valence-electron chi connectivity index (χ0n) is 12.7. The van der Waals surface area contributed by atoms with Crippen LogP contribution in [0.25, 0.3) is 0 Å². The van der Waals surface area contributed by atoms with Crippen LogP contribution in [0.15, 0.2) is 42.7 Å². The lowest BCUT2D eigenvalue weighted by Crippen LogP contribution is -2.45. The van der Waals surface area contributed by atoms with E-state index >= 15 is 0 Å². The van der Waals surface area contributed by atoms with Gasteiger partial charge >= 0.3 is 0 Å². The van der Waals surface area contributed by atoms with Gasteiger partial charge in [0.1, 0.15) is 6.04 Å². The van der Waals surface area contributed by atoms with Crippen LogP contribution >= 0.6 is 0 Å². The summed E-state index contributed by atoms with van der Waals surface area (Å²) in [5, 5.41) is 2.65. The highest BCUT2D eigenvalue weighted by atomic mass is 16.2. The molecule has 1 atom stereocenters. The average Bonchev–Trinajstić information content (AvgIpc) is 2.78. The third kappa shape index (κ3) is 2.59. The van der Waals surface area contributed by atoms with Crippen LogP contribution in [0.4, 0.5) is 5.69 Å². The molecule has 3 amide bonds. The fourth-order valence-corrected chi connectivity index (χ4v) is 2.53. The Kier molecular flexibility index (Phi) is 3.65. The summed E-state index contributed by atoms with van der Waals surface area (Å²) in [5.74, 6) is -1.33. The number of rotatable bonds is 3. The molecule has 3 rings (SSSR count). The Morgan fingerprint density at radius 1 is 1.17 bits per heavy atom. The molecule has 1 aromatic heterocycles. The second-order valence-corrected chi connectivity index (χ2v) is 5.44. The SMILES string of the molecule is Cc1ccc2c(c1)C(=O)N(C(C)C(=O)Nc1cccnc1)C2=O. The maximum absolute atomic E-state index is 12.5.